The zero-order valence-corrected chi connectivity index (χ0v) is 12.2. The monoisotopic (exact) mass is 285 g/mol. The number of hydrogen-bond acceptors (Lipinski definition) is 3. The van der Waals surface area contributed by atoms with Gasteiger partial charge in [0.25, 0.3) is 5.56 Å². The topological polar surface area (TPSA) is 66.9 Å². The molecular formula is C16H19N3O2. The summed E-state index contributed by atoms with van der Waals surface area (Å²) in [5, 5.41) is 3.17. The number of benzene rings is 1. The van der Waals surface area contributed by atoms with E-state index in [2.05, 4.69) is 10.3 Å². The van der Waals surface area contributed by atoms with Crippen LogP contribution in [0.5, 0.6) is 0 Å². The van der Waals surface area contributed by atoms with Gasteiger partial charge in [-0.2, -0.15) is 0 Å². The van der Waals surface area contributed by atoms with E-state index in [9.17, 15) is 9.59 Å². The normalized spacial score (nSPS) is 17.2. The maximum Gasteiger partial charge on any atom is 0.330 e. The van der Waals surface area contributed by atoms with Gasteiger partial charge in [0.1, 0.15) is 5.82 Å². The minimum atomic E-state index is -0.342. The number of hydrogen-bond donors (Lipinski definition) is 2. The lowest BCUT2D eigenvalue weighted by Gasteiger charge is -2.17. The Bertz CT molecular complexity index is 726. The Morgan fingerprint density at radius 3 is 2.48 bits per heavy atom. The molecule has 1 aliphatic rings. The third kappa shape index (κ3) is 2.63. The van der Waals surface area contributed by atoms with Gasteiger partial charge in [0.2, 0.25) is 0 Å². The van der Waals surface area contributed by atoms with Crippen molar-refractivity contribution in [3.8, 4) is 0 Å². The number of H-pyrrole nitrogens is 1. The van der Waals surface area contributed by atoms with Crippen LogP contribution in [0.25, 0.3) is 0 Å². The first kappa shape index (κ1) is 13.7. The fraction of sp³-hybridized carbons (Fsp3) is 0.375. The molecular weight excluding hydrogens is 266 g/mol. The number of anilines is 1. The van der Waals surface area contributed by atoms with Gasteiger partial charge in [-0.3, -0.25) is 14.3 Å². The zero-order valence-electron chi connectivity index (χ0n) is 12.2. The van der Waals surface area contributed by atoms with Crippen molar-refractivity contribution in [1.29, 1.82) is 0 Å². The third-order valence-corrected chi connectivity index (χ3v) is 4.12. The van der Waals surface area contributed by atoms with E-state index in [1.54, 1.807) is 0 Å². The summed E-state index contributed by atoms with van der Waals surface area (Å²) in [7, 11) is 0. The van der Waals surface area contributed by atoms with Crippen LogP contribution in [-0.4, -0.2) is 9.55 Å². The van der Waals surface area contributed by atoms with E-state index in [0.29, 0.717) is 5.82 Å². The van der Waals surface area contributed by atoms with Crippen LogP contribution in [0.15, 0.2) is 46.0 Å². The fourth-order valence-electron chi connectivity index (χ4n) is 2.55. The molecule has 0 amide bonds. The summed E-state index contributed by atoms with van der Waals surface area (Å²) in [6.07, 6.45) is 1.76. The first-order chi connectivity index (χ1) is 9.99. The minimum Gasteiger partial charge on any atom is -0.365 e. The van der Waals surface area contributed by atoms with Crippen molar-refractivity contribution in [1.82, 2.24) is 9.55 Å². The molecule has 0 bridgehead atoms. The number of nitrogens with zero attached hydrogens (tertiary/aromatic N) is 1. The smallest absolute Gasteiger partial charge is 0.330 e. The van der Waals surface area contributed by atoms with E-state index >= 15 is 0 Å². The van der Waals surface area contributed by atoms with Crippen LogP contribution in [0, 0.1) is 0 Å². The Hall–Kier alpha value is -2.30. The molecule has 110 valence electrons. The molecule has 0 saturated heterocycles. The molecule has 0 unspecified atom stereocenters. The van der Waals surface area contributed by atoms with Crippen LogP contribution in [0.3, 0.4) is 0 Å². The summed E-state index contributed by atoms with van der Waals surface area (Å²) in [5.41, 5.74) is 0.206. The van der Waals surface area contributed by atoms with E-state index in [4.69, 9.17) is 0 Å². The lowest BCUT2D eigenvalue weighted by molar-refractivity contribution is 0.486. The van der Waals surface area contributed by atoms with Gasteiger partial charge in [0.05, 0.1) is 5.54 Å². The highest BCUT2D eigenvalue weighted by Crippen LogP contribution is 2.40. The van der Waals surface area contributed by atoms with Gasteiger partial charge in [-0.1, -0.05) is 30.3 Å². The van der Waals surface area contributed by atoms with Crippen molar-refractivity contribution >= 4 is 5.82 Å². The molecule has 1 atom stereocenters. The van der Waals surface area contributed by atoms with Crippen molar-refractivity contribution in [2.45, 2.75) is 38.3 Å². The van der Waals surface area contributed by atoms with E-state index in [1.165, 1.54) is 10.6 Å². The molecule has 1 saturated carbocycles. The Kier molecular flexibility index (Phi) is 3.20. The van der Waals surface area contributed by atoms with E-state index in [1.807, 2.05) is 44.2 Å². The molecule has 0 radical (unpaired) electrons. The van der Waals surface area contributed by atoms with Crippen molar-refractivity contribution in [2.75, 3.05) is 5.32 Å². The molecule has 5 heteroatoms. The van der Waals surface area contributed by atoms with Gasteiger partial charge >= 0.3 is 5.69 Å². The van der Waals surface area contributed by atoms with Crippen LogP contribution in [0.1, 0.15) is 38.3 Å². The molecule has 2 aromatic rings. The molecule has 3 rings (SSSR count). The van der Waals surface area contributed by atoms with Crippen molar-refractivity contribution < 1.29 is 0 Å². The van der Waals surface area contributed by atoms with Crippen LogP contribution < -0.4 is 16.6 Å². The Morgan fingerprint density at radius 2 is 1.90 bits per heavy atom. The highest BCUT2D eigenvalue weighted by molar-refractivity contribution is 5.36. The third-order valence-electron chi connectivity index (χ3n) is 4.12. The summed E-state index contributed by atoms with van der Waals surface area (Å²) < 4.78 is 1.32. The van der Waals surface area contributed by atoms with Gasteiger partial charge in [0.15, 0.2) is 0 Å². The van der Waals surface area contributed by atoms with Crippen LogP contribution in [-0.2, 0) is 5.54 Å². The van der Waals surface area contributed by atoms with E-state index < -0.39 is 0 Å². The SMILES string of the molecule is C[C@H](Nc1cc(=O)n(C2(C)CC2)c(=O)[nH]1)c1ccccc1. The largest absolute Gasteiger partial charge is 0.365 e. The van der Waals surface area contributed by atoms with E-state index in [-0.39, 0.29) is 22.8 Å². The fourth-order valence-corrected chi connectivity index (χ4v) is 2.55. The molecule has 1 aromatic carbocycles. The molecule has 21 heavy (non-hydrogen) atoms. The number of rotatable bonds is 4. The number of aromatic nitrogens is 2. The van der Waals surface area contributed by atoms with Crippen molar-refractivity contribution in [3.05, 3.63) is 62.8 Å². The number of nitrogens with one attached hydrogen (secondary N) is 2. The summed E-state index contributed by atoms with van der Waals surface area (Å²) in [6.45, 7) is 3.92. The highest BCUT2D eigenvalue weighted by Gasteiger charge is 2.41. The Morgan fingerprint density at radius 1 is 1.24 bits per heavy atom. The van der Waals surface area contributed by atoms with Crippen LogP contribution in [0.4, 0.5) is 5.82 Å². The second-order valence-electron chi connectivity index (χ2n) is 5.94. The van der Waals surface area contributed by atoms with Gasteiger partial charge in [-0.15, -0.1) is 0 Å². The molecule has 1 aliphatic carbocycles. The van der Waals surface area contributed by atoms with Crippen LogP contribution >= 0.6 is 0 Å². The van der Waals surface area contributed by atoms with E-state index in [0.717, 1.165) is 18.4 Å². The zero-order chi connectivity index (χ0) is 15.0. The lowest BCUT2D eigenvalue weighted by atomic mass is 10.1. The predicted molar refractivity (Wildman–Crippen MR) is 82.7 cm³/mol. The van der Waals surface area contributed by atoms with Gasteiger partial charge in [-0.05, 0) is 32.3 Å². The molecule has 0 aliphatic heterocycles. The van der Waals surface area contributed by atoms with Gasteiger partial charge < -0.3 is 5.32 Å². The maximum absolute atomic E-state index is 12.2. The van der Waals surface area contributed by atoms with Crippen molar-refractivity contribution in [2.24, 2.45) is 0 Å². The first-order valence-electron chi connectivity index (χ1n) is 7.18. The average molecular weight is 285 g/mol. The molecule has 1 fully saturated rings. The van der Waals surface area contributed by atoms with Gasteiger partial charge in [0, 0.05) is 12.1 Å². The van der Waals surface area contributed by atoms with Crippen molar-refractivity contribution in [3.63, 3.8) is 0 Å². The second-order valence-corrected chi connectivity index (χ2v) is 5.94. The Balaban J connectivity index is 1.88. The standard InChI is InChI=1S/C16H19N3O2/c1-11(12-6-4-3-5-7-12)17-13-10-14(20)19(15(21)18-13)16(2)8-9-16/h3-7,10-11,17H,8-9H2,1-2H3,(H,18,21)/t11-/m0/s1. The summed E-state index contributed by atoms with van der Waals surface area (Å²) in [4.78, 5) is 27.1. The Labute approximate surface area is 122 Å². The van der Waals surface area contributed by atoms with Gasteiger partial charge in [-0.25, -0.2) is 4.79 Å². The maximum atomic E-state index is 12.2. The highest BCUT2D eigenvalue weighted by atomic mass is 16.2. The molecule has 1 heterocycles. The van der Waals surface area contributed by atoms with Crippen LogP contribution in [0.2, 0.25) is 0 Å². The summed E-state index contributed by atoms with van der Waals surface area (Å²) >= 11 is 0. The summed E-state index contributed by atoms with van der Waals surface area (Å²) in [5.74, 6) is 0.460. The molecule has 2 N–H and O–H groups in total. The molecule has 0 spiro atoms. The second kappa shape index (κ2) is 4.91. The first-order valence-corrected chi connectivity index (χ1v) is 7.18. The number of aromatic amines is 1. The molecule has 5 nitrogen and oxygen atoms in total. The minimum absolute atomic E-state index is 0.00797. The summed E-state index contributed by atoms with van der Waals surface area (Å²) in [6, 6.07) is 11.4. The lowest BCUT2D eigenvalue weighted by Crippen LogP contribution is -2.41. The average Bonchev–Trinajstić information content (AvgIpc) is 3.17. The quantitative estimate of drug-likeness (QED) is 0.905. The molecule has 1 aromatic heterocycles. The predicted octanol–water partition coefficient (Wildman–Crippen LogP) is 2.22.